The fraction of sp³-hybridized carbons (Fsp3) is 0.133. The van der Waals surface area contributed by atoms with E-state index in [2.05, 4.69) is 5.32 Å². The molecular weight excluding hydrogens is 262 g/mol. The molecule has 1 amide bonds. The zero-order chi connectivity index (χ0) is 13.8. The van der Waals surface area contributed by atoms with Gasteiger partial charge in [-0.2, -0.15) is 0 Å². The summed E-state index contributed by atoms with van der Waals surface area (Å²) in [5, 5.41) is 12.6. The zero-order valence-electron chi connectivity index (χ0n) is 10.5. The second-order valence-electron chi connectivity index (χ2n) is 4.26. The number of phenols is 1. The summed E-state index contributed by atoms with van der Waals surface area (Å²) in [6.45, 7) is 1.75. The van der Waals surface area contributed by atoms with Crippen LogP contribution >= 0.6 is 11.6 Å². The van der Waals surface area contributed by atoms with E-state index in [-0.39, 0.29) is 17.2 Å². The summed E-state index contributed by atoms with van der Waals surface area (Å²) in [5.41, 5.74) is 2.51. The van der Waals surface area contributed by atoms with Crippen LogP contribution in [0.4, 0.5) is 5.69 Å². The number of aromatic hydroxyl groups is 1. The molecule has 0 fully saturated rings. The standard InChI is InChI=1S/C15H14ClNO2/c1-10-4-2-7-13(14(10)18)15(19)17-12-6-3-5-11(8-12)9-16/h2-8,18H,9H2,1H3,(H,17,19). The average Bonchev–Trinajstić information content (AvgIpc) is 2.42. The molecule has 4 heteroatoms. The molecule has 0 unspecified atom stereocenters. The molecule has 0 aromatic heterocycles. The van der Waals surface area contributed by atoms with Crippen molar-refractivity contribution < 1.29 is 9.90 Å². The molecule has 98 valence electrons. The van der Waals surface area contributed by atoms with Crippen molar-refractivity contribution in [1.82, 2.24) is 0 Å². The number of carbonyl (C=O) groups is 1. The molecular formula is C15H14ClNO2. The second kappa shape index (κ2) is 5.76. The highest BCUT2D eigenvalue weighted by molar-refractivity contribution is 6.17. The molecule has 19 heavy (non-hydrogen) atoms. The number of amides is 1. The molecule has 3 nitrogen and oxygen atoms in total. The maximum absolute atomic E-state index is 12.1. The Morgan fingerprint density at radius 2 is 2.00 bits per heavy atom. The maximum atomic E-state index is 12.1. The lowest BCUT2D eigenvalue weighted by molar-refractivity contribution is 0.102. The van der Waals surface area contributed by atoms with Gasteiger partial charge in [0, 0.05) is 11.6 Å². The number of para-hydroxylation sites is 1. The number of nitrogens with one attached hydrogen (secondary N) is 1. The van der Waals surface area contributed by atoms with Crippen LogP contribution in [0, 0.1) is 6.92 Å². The number of aryl methyl sites for hydroxylation is 1. The Morgan fingerprint density at radius 1 is 1.26 bits per heavy atom. The summed E-state index contributed by atoms with van der Waals surface area (Å²) in [6.07, 6.45) is 0. The van der Waals surface area contributed by atoms with Crippen molar-refractivity contribution in [1.29, 1.82) is 0 Å². The Bertz CT molecular complexity index is 611. The Hall–Kier alpha value is -2.00. The number of hydrogen-bond acceptors (Lipinski definition) is 2. The lowest BCUT2D eigenvalue weighted by Crippen LogP contribution is -2.12. The second-order valence-corrected chi connectivity index (χ2v) is 4.53. The van der Waals surface area contributed by atoms with E-state index in [0.717, 1.165) is 5.56 Å². The van der Waals surface area contributed by atoms with Crippen LogP contribution in [-0.4, -0.2) is 11.0 Å². The van der Waals surface area contributed by atoms with Gasteiger partial charge in [0.05, 0.1) is 5.56 Å². The molecule has 0 bridgehead atoms. The van der Waals surface area contributed by atoms with E-state index in [1.165, 1.54) is 0 Å². The highest BCUT2D eigenvalue weighted by Crippen LogP contribution is 2.22. The molecule has 0 saturated heterocycles. The van der Waals surface area contributed by atoms with Crippen LogP contribution in [-0.2, 0) is 5.88 Å². The smallest absolute Gasteiger partial charge is 0.259 e. The summed E-state index contributed by atoms with van der Waals surface area (Å²) in [4.78, 5) is 12.1. The Balaban J connectivity index is 2.23. The van der Waals surface area contributed by atoms with Crippen molar-refractivity contribution in [2.75, 3.05) is 5.32 Å². The largest absolute Gasteiger partial charge is 0.507 e. The van der Waals surface area contributed by atoms with Crippen molar-refractivity contribution in [3.05, 3.63) is 59.2 Å². The number of alkyl halides is 1. The maximum Gasteiger partial charge on any atom is 0.259 e. The van der Waals surface area contributed by atoms with E-state index < -0.39 is 0 Å². The molecule has 0 aliphatic carbocycles. The van der Waals surface area contributed by atoms with Gasteiger partial charge in [0.2, 0.25) is 0 Å². The summed E-state index contributed by atoms with van der Waals surface area (Å²) >= 11 is 5.75. The van der Waals surface area contributed by atoms with Crippen LogP contribution in [0.5, 0.6) is 5.75 Å². The van der Waals surface area contributed by atoms with Gasteiger partial charge < -0.3 is 10.4 Å². The van der Waals surface area contributed by atoms with E-state index in [4.69, 9.17) is 11.6 Å². The molecule has 2 rings (SSSR count). The number of carbonyl (C=O) groups excluding carboxylic acids is 1. The van der Waals surface area contributed by atoms with Gasteiger partial charge in [0.1, 0.15) is 5.75 Å². The van der Waals surface area contributed by atoms with E-state index in [9.17, 15) is 9.90 Å². The third kappa shape index (κ3) is 3.06. The van der Waals surface area contributed by atoms with Gasteiger partial charge in [0.25, 0.3) is 5.91 Å². The molecule has 0 heterocycles. The van der Waals surface area contributed by atoms with Gasteiger partial charge in [-0.05, 0) is 36.2 Å². The molecule has 0 saturated carbocycles. The zero-order valence-corrected chi connectivity index (χ0v) is 11.2. The third-order valence-electron chi connectivity index (χ3n) is 2.82. The number of benzene rings is 2. The molecule has 2 N–H and O–H groups in total. The minimum atomic E-state index is -0.340. The van der Waals surface area contributed by atoms with Gasteiger partial charge in [0.15, 0.2) is 0 Å². The Kier molecular flexibility index (Phi) is 4.07. The van der Waals surface area contributed by atoms with Gasteiger partial charge in [-0.1, -0.05) is 24.3 Å². The predicted molar refractivity (Wildman–Crippen MR) is 76.8 cm³/mol. The number of hydrogen-bond donors (Lipinski definition) is 2. The van der Waals surface area contributed by atoms with Gasteiger partial charge in [-0.15, -0.1) is 11.6 Å². The predicted octanol–water partition coefficient (Wildman–Crippen LogP) is 3.69. The van der Waals surface area contributed by atoms with Crippen molar-refractivity contribution in [2.45, 2.75) is 12.8 Å². The third-order valence-corrected chi connectivity index (χ3v) is 3.13. The number of phenolic OH excluding ortho intramolecular Hbond substituents is 1. The fourth-order valence-corrected chi connectivity index (χ4v) is 1.94. The minimum absolute atomic E-state index is 0.00787. The molecule has 0 aliphatic rings. The first kappa shape index (κ1) is 13.4. The average molecular weight is 276 g/mol. The molecule has 0 aliphatic heterocycles. The highest BCUT2D eigenvalue weighted by atomic mass is 35.5. The van der Waals surface area contributed by atoms with Gasteiger partial charge >= 0.3 is 0 Å². The highest BCUT2D eigenvalue weighted by Gasteiger charge is 2.12. The number of rotatable bonds is 3. The Morgan fingerprint density at radius 3 is 2.74 bits per heavy atom. The number of halogens is 1. The lowest BCUT2D eigenvalue weighted by atomic mass is 10.1. The van der Waals surface area contributed by atoms with Crippen molar-refractivity contribution >= 4 is 23.2 Å². The first-order valence-electron chi connectivity index (χ1n) is 5.86. The van der Waals surface area contributed by atoms with E-state index >= 15 is 0 Å². The monoisotopic (exact) mass is 275 g/mol. The first-order valence-corrected chi connectivity index (χ1v) is 6.40. The molecule has 0 spiro atoms. The van der Waals surface area contributed by atoms with Crippen LogP contribution in [0.1, 0.15) is 21.5 Å². The molecule has 2 aromatic carbocycles. The first-order chi connectivity index (χ1) is 9.11. The van der Waals surface area contributed by atoms with E-state index in [0.29, 0.717) is 17.1 Å². The van der Waals surface area contributed by atoms with E-state index in [1.807, 2.05) is 12.1 Å². The van der Waals surface area contributed by atoms with Crippen molar-refractivity contribution in [3.8, 4) is 5.75 Å². The lowest BCUT2D eigenvalue weighted by Gasteiger charge is -2.09. The molecule has 0 radical (unpaired) electrons. The normalized spacial score (nSPS) is 10.2. The SMILES string of the molecule is Cc1cccc(C(=O)Nc2cccc(CCl)c2)c1O. The topological polar surface area (TPSA) is 49.3 Å². The summed E-state index contributed by atoms with van der Waals surface area (Å²) in [5.74, 6) is 0.0563. The molecule has 2 aromatic rings. The summed E-state index contributed by atoms with van der Waals surface area (Å²) in [7, 11) is 0. The Labute approximate surface area is 116 Å². The summed E-state index contributed by atoms with van der Waals surface area (Å²) in [6, 6.07) is 12.4. The molecule has 0 atom stereocenters. The summed E-state index contributed by atoms with van der Waals surface area (Å²) < 4.78 is 0. The fourth-order valence-electron chi connectivity index (χ4n) is 1.77. The quantitative estimate of drug-likeness (QED) is 0.839. The van der Waals surface area contributed by atoms with Crippen molar-refractivity contribution in [2.24, 2.45) is 0 Å². The minimum Gasteiger partial charge on any atom is -0.507 e. The van der Waals surface area contributed by atoms with Crippen LogP contribution in [0.25, 0.3) is 0 Å². The van der Waals surface area contributed by atoms with Crippen LogP contribution < -0.4 is 5.32 Å². The van der Waals surface area contributed by atoms with E-state index in [1.54, 1.807) is 37.3 Å². The van der Waals surface area contributed by atoms with Crippen LogP contribution in [0.3, 0.4) is 0 Å². The van der Waals surface area contributed by atoms with Gasteiger partial charge in [-0.3, -0.25) is 4.79 Å². The van der Waals surface area contributed by atoms with Gasteiger partial charge in [-0.25, -0.2) is 0 Å². The van der Waals surface area contributed by atoms with Crippen LogP contribution in [0.2, 0.25) is 0 Å². The number of anilines is 1. The van der Waals surface area contributed by atoms with Crippen molar-refractivity contribution in [3.63, 3.8) is 0 Å². The van der Waals surface area contributed by atoms with Crippen LogP contribution in [0.15, 0.2) is 42.5 Å².